The van der Waals surface area contributed by atoms with Crippen molar-refractivity contribution in [3.63, 3.8) is 0 Å². The van der Waals surface area contributed by atoms with Gasteiger partial charge in [-0.2, -0.15) is 11.8 Å². The van der Waals surface area contributed by atoms with E-state index >= 15 is 0 Å². The lowest BCUT2D eigenvalue weighted by Gasteiger charge is -2.38. The number of nitrogens with zero attached hydrogens (tertiary/aromatic N) is 1. The van der Waals surface area contributed by atoms with Gasteiger partial charge in [-0.3, -0.25) is 4.79 Å². The number of carbonyl (C=O) groups is 1. The summed E-state index contributed by atoms with van der Waals surface area (Å²) in [5, 5.41) is 3.51. The molecule has 0 aromatic carbocycles. The lowest BCUT2D eigenvalue weighted by atomic mass is 9.86. The summed E-state index contributed by atoms with van der Waals surface area (Å²) in [5.41, 5.74) is 0. The fourth-order valence-electron chi connectivity index (χ4n) is 4.10. The second kappa shape index (κ2) is 10.2. The van der Waals surface area contributed by atoms with Gasteiger partial charge in [-0.15, -0.1) is 12.4 Å². The van der Waals surface area contributed by atoms with Crippen molar-refractivity contribution < 1.29 is 9.53 Å². The number of nitrogens with one attached hydrogen (secondary N) is 1. The quantitative estimate of drug-likeness (QED) is 0.800. The highest BCUT2D eigenvalue weighted by Crippen LogP contribution is 2.29. The number of ether oxygens (including phenoxy) is 1. The molecule has 0 bridgehead atoms. The summed E-state index contributed by atoms with van der Waals surface area (Å²) < 4.78 is 5.82. The molecule has 6 heteroatoms. The molecule has 2 heterocycles. The van der Waals surface area contributed by atoms with Crippen LogP contribution in [0.3, 0.4) is 0 Å². The fraction of sp³-hybridized carbons (Fsp3) is 0.944. The summed E-state index contributed by atoms with van der Waals surface area (Å²) in [5.74, 6) is 3.41. The van der Waals surface area contributed by atoms with Gasteiger partial charge in [0.15, 0.2) is 0 Å². The Kier molecular flexibility index (Phi) is 8.68. The van der Waals surface area contributed by atoms with E-state index in [1.165, 1.54) is 31.4 Å². The predicted octanol–water partition coefficient (Wildman–Crippen LogP) is 3.09. The molecule has 0 spiro atoms. The van der Waals surface area contributed by atoms with Gasteiger partial charge in [0.2, 0.25) is 5.91 Å². The summed E-state index contributed by atoms with van der Waals surface area (Å²) in [6, 6.07) is 0.801. The van der Waals surface area contributed by atoms with E-state index in [-0.39, 0.29) is 18.5 Å². The standard InChI is InChI=1S/C18H32N2O2S.ClH/c1-14-4-6-16(7-5-14)20(12-17-3-2-9-22-17)18(21)11-15-13-23-10-8-19-15;/h14-17,19H,2-13H2,1H3;1H. The molecule has 0 radical (unpaired) electrons. The summed E-state index contributed by atoms with van der Waals surface area (Å²) in [4.78, 5) is 15.2. The van der Waals surface area contributed by atoms with Crippen molar-refractivity contribution in [2.24, 2.45) is 5.92 Å². The van der Waals surface area contributed by atoms with E-state index < -0.39 is 0 Å². The van der Waals surface area contributed by atoms with Crippen molar-refractivity contribution in [1.82, 2.24) is 10.2 Å². The van der Waals surface area contributed by atoms with Crippen molar-refractivity contribution >= 4 is 30.1 Å². The normalized spacial score (nSPS) is 33.7. The summed E-state index contributed by atoms with van der Waals surface area (Å²) in [7, 11) is 0. The van der Waals surface area contributed by atoms with E-state index in [0.717, 1.165) is 44.2 Å². The van der Waals surface area contributed by atoms with Crippen LogP contribution in [0.5, 0.6) is 0 Å². The second-order valence-electron chi connectivity index (χ2n) is 7.52. The highest BCUT2D eigenvalue weighted by Gasteiger charge is 2.31. The molecule has 3 rings (SSSR count). The molecule has 2 atom stereocenters. The first-order chi connectivity index (χ1) is 11.2. The molecular formula is C18H33ClN2O2S. The SMILES string of the molecule is CC1CCC(N(CC2CCCO2)C(=O)CC2CSCCN2)CC1.Cl. The topological polar surface area (TPSA) is 41.6 Å². The molecule has 0 aromatic heterocycles. The lowest BCUT2D eigenvalue weighted by molar-refractivity contribution is -0.136. The maximum absolute atomic E-state index is 13.0. The number of halogens is 1. The molecule has 2 aliphatic heterocycles. The first-order valence-electron chi connectivity index (χ1n) is 9.44. The summed E-state index contributed by atoms with van der Waals surface area (Å²) >= 11 is 1.97. The number of hydrogen-bond donors (Lipinski definition) is 1. The number of hydrogen-bond acceptors (Lipinski definition) is 4. The largest absolute Gasteiger partial charge is 0.376 e. The van der Waals surface area contributed by atoms with E-state index in [9.17, 15) is 4.79 Å². The number of amides is 1. The molecule has 2 unspecified atom stereocenters. The molecule has 3 fully saturated rings. The van der Waals surface area contributed by atoms with Crippen LogP contribution in [0.1, 0.15) is 51.9 Å². The van der Waals surface area contributed by atoms with Gasteiger partial charge in [0.05, 0.1) is 6.10 Å². The minimum Gasteiger partial charge on any atom is -0.376 e. The van der Waals surface area contributed by atoms with Crippen LogP contribution in [-0.4, -0.2) is 60.2 Å². The van der Waals surface area contributed by atoms with Gasteiger partial charge in [0.25, 0.3) is 0 Å². The molecule has 1 N–H and O–H groups in total. The monoisotopic (exact) mass is 376 g/mol. The number of carbonyl (C=O) groups excluding carboxylic acids is 1. The van der Waals surface area contributed by atoms with Crippen LogP contribution in [-0.2, 0) is 9.53 Å². The van der Waals surface area contributed by atoms with Gasteiger partial charge < -0.3 is 15.0 Å². The number of thioether (sulfide) groups is 1. The van der Waals surface area contributed by atoms with E-state index in [1.807, 2.05) is 11.8 Å². The molecule has 140 valence electrons. The van der Waals surface area contributed by atoms with E-state index in [2.05, 4.69) is 17.1 Å². The van der Waals surface area contributed by atoms with Gasteiger partial charge in [-0.25, -0.2) is 0 Å². The maximum atomic E-state index is 13.0. The van der Waals surface area contributed by atoms with Gasteiger partial charge in [0.1, 0.15) is 0 Å². The van der Waals surface area contributed by atoms with Crippen molar-refractivity contribution in [2.45, 2.75) is 70.1 Å². The zero-order valence-electron chi connectivity index (χ0n) is 14.9. The molecule has 1 saturated carbocycles. The maximum Gasteiger partial charge on any atom is 0.224 e. The summed E-state index contributed by atoms with van der Waals surface area (Å²) in [6.07, 6.45) is 8.06. The summed E-state index contributed by atoms with van der Waals surface area (Å²) in [6.45, 7) is 5.06. The van der Waals surface area contributed by atoms with Crippen LogP contribution < -0.4 is 5.32 Å². The smallest absolute Gasteiger partial charge is 0.224 e. The Morgan fingerprint density at radius 1 is 1.25 bits per heavy atom. The van der Waals surface area contributed by atoms with Gasteiger partial charge in [0, 0.05) is 49.7 Å². The van der Waals surface area contributed by atoms with Crippen LogP contribution in [0.25, 0.3) is 0 Å². The third kappa shape index (κ3) is 5.79. The van der Waals surface area contributed by atoms with Gasteiger partial charge in [-0.1, -0.05) is 6.92 Å². The predicted molar refractivity (Wildman–Crippen MR) is 103 cm³/mol. The van der Waals surface area contributed by atoms with E-state index in [4.69, 9.17) is 4.74 Å². The molecule has 2 saturated heterocycles. The lowest BCUT2D eigenvalue weighted by Crippen LogP contribution is -2.49. The Bertz CT molecular complexity index is 379. The van der Waals surface area contributed by atoms with Crippen molar-refractivity contribution in [1.29, 1.82) is 0 Å². The van der Waals surface area contributed by atoms with Crippen LogP contribution >= 0.6 is 24.2 Å². The van der Waals surface area contributed by atoms with Crippen LogP contribution in [0.4, 0.5) is 0 Å². The molecule has 4 nitrogen and oxygen atoms in total. The van der Waals surface area contributed by atoms with E-state index in [1.54, 1.807) is 0 Å². The molecule has 1 amide bonds. The molecule has 0 aromatic rings. The Balaban J connectivity index is 0.00000208. The van der Waals surface area contributed by atoms with Gasteiger partial charge >= 0.3 is 0 Å². The second-order valence-corrected chi connectivity index (χ2v) is 8.67. The Morgan fingerprint density at radius 2 is 2.04 bits per heavy atom. The fourth-order valence-corrected chi connectivity index (χ4v) is 5.04. The minimum atomic E-state index is 0. The van der Waals surface area contributed by atoms with Crippen molar-refractivity contribution in [3.05, 3.63) is 0 Å². The highest BCUT2D eigenvalue weighted by atomic mass is 35.5. The van der Waals surface area contributed by atoms with Crippen molar-refractivity contribution in [3.8, 4) is 0 Å². The number of rotatable bonds is 5. The van der Waals surface area contributed by atoms with Crippen LogP contribution in [0, 0.1) is 5.92 Å². The molecular weight excluding hydrogens is 344 g/mol. The van der Waals surface area contributed by atoms with Gasteiger partial charge in [-0.05, 0) is 44.4 Å². The zero-order valence-corrected chi connectivity index (χ0v) is 16.5. The average Bonchev–Trinajstić information content (AvgIpc) is 3.08. The Morgan fingerprint density at radius 3 is 2.67 bits per heavy atom. The van der Waals surface area contributed by atoms with E-state index in [0.29, 0.717) is 24.4 Å². The van der Waals surface area contributed by atoms with Crippen molar-refractivity contribution in [2.75, 3.05) is 31.2 Å². The molecule has 3 aliphatic rings. The zero-order chi connectivity index (χ0) is 16.1. The first kappa shape index (κ1) is 20.3. The third-order valence-electron chi connectivity index (χ3n) is 5.59. The average molecular weight is 377 g/mol. The van der Waals surface area contributed by atoms with Crippen LogP contribution in [0.2, 0.25) is 0 Å². The third-order valence-corrected chi connectivity index (χ3v) is 6.72. The highest BCUT2D eigenvalue weighted by molar-refractivity contribution is 7.99. The first-order valence-corrected chi connectivity index (χ1v) is 10.6. The minimum absolute atomic E-state index is 0. The Labute approximate surface area is 157 Å². The Hall–Kier alpha value is 0.0300. The molecule has 1 aliphatic carbocycles. The van der Waals surface area contributed by atoms with Crippen LogP contribution in [0.15, 0.2) is 0 Å². The molecule has 24 heavy (non-hydrogen) atoms.